The molecule has 1 aliphatic rings. The van der Waals surface area contributed by atoms with Crippen LogP contribution in [0.5, 0.6) is 5.75 Å². The number of amides is 1. The molecule has 0 aliphatic carbocycles. The zero-order valence-electron chi connectivity index (χ0n) is 15.8. The van der Waals surface area contributed by atoms with Gasteiger partial charge in [-0.2, -0.15) is 0 Å². The lowest BCUT2D eigenvalue weighted by atomic mass is 10.0. The van der Waals surface area contributed by atoms with Crippen LogP contribution in [0.4, 0.5) is 11.4 Å². The fourth-order valence-corrected chi connectivity index (χ4v) is 4.36. The standard InChI is InChI=1S/C22H20N2O4S/c1-15-11-12-16(13-20(15)24-29(26,27)17-7-3-2-4-8-17)23-22(25)19-14-28-21-10-6-5-9-18(19)21/h2-13,19,24H,14H2,1H3,(H,23,25). The molecule has 0 saturated carbocycles. The van der Waals surface area contributed by atoms with Crippen LogP contribution in [0.3, 0.4) is 0 Å². The zero-order valence-corrected chi connectivity index (χ0v) is 16.6. The Hall–Kier alpha value is -3.32. The van der Waals surface area contributed by atoms with Gasteiger partial charge in [0, 0.05) is 11.3 Å². The van der Waals surface area contributed by atoms with Crippen LogP contribution in [-0.4, -0.2) is 20.9 Å². The van der Waals surface area contributed by atoms with Gasteiger partial charge in [0.1, 0.15) is 18.3 Å². The van der Waals surface area contributed by atoms with Crippen LogP contribution in [0.1, 0.15) is 17.0 Å². The minimum atomic E-state index is -3.72. The van der Waals surface area contributed by atoms with Crippen molar-refractivity contribution in [2.24, 2.45) is 0 Å². The molecule has 148 valence electrons. The number of nitrogens with one attached hydrogen (secondary N) is 2. The van der Waals surface area contributed by atoms with Gasteiger partial charge in [-0.25, -0.2) is 8.42 Å². The van der Waals surface area contributed by atoms with Gasteiger partial charge in [0.25, 0.3) is 10.0 Å². The van der Waals surface area contributed by atoms with E-state index >= 15 is 0 Å². The monoisotopic (exact) mass is 408 g/mol. The first-order valence-corrected chi connectivity index (χ1v) is 10.6. The molecule has 3 aromatic carbocycles. The maximum atomic E-state index is 12.8. The van der Waals surface area contributed by atoms with E-state index in [0.29, 0.717) is 17.1 Å². The highest BCUT2D eigenvalue weighted by Gasteiger charge is 2.30. The van der Waals surface area contributed by atoms with E-state index in [2.05, 4.69) is 10.0 Å². The number of carbonyl (C=O) groups is 1. The van der Waals surface area contributed by atoms with E-state index in [1.54, 1.807) is 43.3 Å². The van der Waals surface area contributed by atoms with Crippen LogP contribution in [0.25, 0.3) is 0 Å². The Morgan fingerprint density at radius 1 is 1.00 bits per heavy atom. The normalized spacial score (nSPS) is 15.3. The van der Waals surface area contributed by atoms with Crippen LogP contribution < -0.4 is 14.8 Å². The summed E-state index contributed by atoms with van der Waals surface area (Å²) in [5.41, 5.74) is 2.52. The van der Waals surface area contributed by atoms with Gasteiger partial charge < -0.3 is 10.1 Å². The van der Waals surface area contributed by atoms with Gasteiger partial charge in [0.2, 0.25) is 5.91 Å². The topological polar surface area (TPSA) is 84.5 Å². The van der Waals surface area contributed by atoms with Crippen LogP contribution in [-0.2, 0) is 14.8 Å². The maximum Gasteiger partial charge on any atom is 0.261 e. The molecule has 0 radical (unpaired) electrons. The van der Waals surface area contributed by atoms with E-state index in [-0.39, 0.29) is 17.4 Å². The number of aryl methyl sites for hydroxylation is 1. The van der Waals surface area contributed by atoms with E-state index in [1.807, 2.05) is 24.3 Å². The molecule has 7 heteroatoms. The molecular formula is C22H20N2O4S. The molecular weight excluding hydrogens is 388 g/mol. The number of carbonyl (C=O) groups excluding carboxylic acids is 1. The lowest BCUT2D eigenvalue weighted by Crippen LogP contribution is -2.22. The van der Waals surface area contributed by atoms with Gasteiger partial charge in [0.05, 0.1) is 10.6 Å². The van der Waals surface area contributed by atoms with Crippen molar-refractivity contribution in [3.8, 4) is 5.75 Å². The molecule has 4 rings (SSSR count). The molecule has 1 aliphatic heterocycles. The summed E-state index contributed by atoms with van der Waals surface area (Å²) in [5.74, 6) is 0.112. The number of hydrogen-bond acceptors (Lipinski definition) is 4. The molecule has 1 amide bonds. The molecule has 29 heavy (non-hydrogen) atoms. The third-order valence-electron chi connectivity index (χ3n) is 4.82. The van der Waals surface area contributed by atoms with Gasteiger partial charge in [-0.15, -0.1) is 0 Å². The van der Waals surface area contributed by atoms with Crippen molar-refractivity contribution in [3.63, 3.8) is 0 Å². The summed E-state index contributed by atoms with van der Waals surface area (Å²) in [6, 6.07) is 20.7. The predicted molar refractivity (Wildman–Crippen MR) is 112 cm³/mol. The first kappa shape index (κ1) is 19.0. The van der Waals surface area contributed by atoms with Gasteiger partial charge in [0.15, 0.2) is 0 Å². The summed E-state index contributed by atoms with van der Waals surface area (Å²) in [6.45, 7) is 2.08. The average molecular weight is 408 g/mol. The number of rotatable bonds is 5. The summed E-state index contributed by atoms with van der Waals surface area (Å²) in [7, 11) is -3.72. The minimum absolute atomic E-state index is 0.175. The molecule has 0 fully saturated rings. The third-order valence-corrected chi connectivity index (χ3v) is 6.20. The van der Waals surface area contributed by atoms with Crippen molar-refractivity contribution in [1.29, 1.82) is 0 Å². The van der Waals surface area contributed by atoms with E-state index < -0.39 is 15.9 Å². The second kappa shape index (κ2) is 7.60. The van der Waals surface area contributed by atoms with Crippen LogP contribution in [0.2, 0.25) is 0 Å². The molecule has 1 heterocycles. The second-order valence-electron chi connectivity index (χ2n) is 6.84. The van der Waals surface area contributed by atoms with Gasteiger partial charge in [-0.05, 0) is 42.8 Å². The minimum Gasteiger partial charge on any atom is -0.492 e. The van der Waals surface area contributed by atoms with Crippen molar-refractivity contribution in [3.05, 3.63) is 83.9 Å². The summed E-state index contributed by atoms with van der Waals surface area (Å²) in [5, 5.41) is 2.86. The highest BCUT2D eigenvalue weighted by molar-refractivity contribution is 7.92. The predicted octanol–water partition coefficient (Wildman–Crippen LogP) is 3.91. The SMILES string of the molecule is Cc1ccc(NC(=O)C2COc3ccccc32)cc1NS(=O)(=O)c1ccccc1. The van der Waals surface area contributed by atoms with Crippen LogP contribution >= 0.6 is 0 Å². The van der Waals surface area contributed by atoms with E-state index in [9.17, 15) is 13.2 Å². The molecule has 0 saturated heterocycles. The van der Waals surface area contributed by atoms with E-state index in [0.717, 1.165) is 11.1 Å². The van der Waals surface area contributed by atoms with E-state index in [1.165, 1.54) is 12.1 Å². The van der Waals surface area contributed by atoms with Crippen molar-refractivity contribution in [2.45, 2.75) is 17.7 Å². The van der Waals surface area contributed by atoms with Crippen molar-refractivity contribution in [2.75, 3.05) is 16.6 Å². The Bertz CT molecular complexity index is 1160. The van der Waals surface area contributed by atoms with E-state index in [4.69, 9.17) is 4.74 Å². The Morgan fingerprint density at radius 3 is 2.52 bits per heavy atom. The van der Waals surface area contributed by atoms with Gasteiger partial charge in [-0.1, -0.05) is 42.5 Å². The molecule has 6 nitrogen and oxygen atoms in total. The summed E-state index contributed by atoms with van der Waals surface area (Å²) in [4.78, 5) is 12.9. The maximum absolute atomic E-state index is 12.8. The van der Waals surface area contributed by atoms with Crippen molar-refractivity contribution in [1.82, 2.24) is 0 Å². The Balaban J connectivity index is 1.54. The first-order valence-electron chi connectivity index (χ1n) is 9.15. The quantitative estimate of drug-likeness (QED) is 0.670. The molecule has 0 spiro atoms. The fraction of sp³-hybridized carbons (Fsp3) is 0.136. The highest BCUT2D eigenvalue weighted by Crippen LogP contribution is 2.34. The number of hydrogen-bond donors (Lipinski definition) is 2. The Labute approximate surface area is 169 Å². The fourth-order valence-electron chi connectivity index (χ4n) is 3.22. The highest BCUT2D eigenvalue weighted by atomic mass is 32.2. The molecule has 2 N–H and O–H groups in total. The average Bonchev–Trinajstić information content (AvgIpc) is 3.15. The lowest BCUT2D eigenvalue weighted by molar-refractivity contribution is -0.117. The van der Waals surface area contributed by atoms with Crippen molar-refractivity contribution >= 4 is 27.3 Å². The van der Waals surface area contributed by atoms with Gasteiger partial charge in [-0.3, -0.25) is 9.52 Å². The van der Waals surface area contributed by atoms with Crippen molar-refractivity contribution < 1.29 is 17.9 Å². The lowest BCUT2D eigenvalue weighted by Gasteiger charge is -2.14. The molecule has 1 atom stereocenters. The molecule has 3 aromatic rings. The first-order chi connectivity index (χ1) is 13.9. The summed E-state index contributed by atoms with van der Waals surface area (Å²) in [6.07, 6.45) is 0. The molecule has 1 unspecified atom stereocenters. The zero-order chi connectivity index (χ0) is 20.4. The van der Waals surface area contributed by atoms with Crippen LogP contribution in [0, 0.1) is 6.92 Å². The number of ether oxygens (including phenoxy) is 1. The Kier molecular flexibility index (Phi) is 4.98. The summed E-state index contributed by atoms with van der Waals surface area (Å²) >= 11 is 0. The molecule has 0 bridgehead atoms. The number of sulfonamides is 1. The molecule has 0 aromatic heterocycles. The number of fused-ring (bicyclic) bond motifs is 1. The largest absolute Gasteiger partial charge is 0.492 e. The van der Waals surface area contributed by atoms with Crippen LogP contribution in [0.15, 0.2) is 77.7 Å². The smallest absolute Gasteiger partial charge is 0.261 e. The van der Waals surface area contributed by atoms with Gasteiger partial charge >= 0.3 is 0 Å². The summed E-state index contributed by atoms with van der Waals surface area (Å²) < 4.78 is 33.4. The Morgan fingerprint density at radius 2 is 1.72 bits per heavy atom. The number of anilines is 2. The second-order valence-corrected chi connectivity index (χ2v) is 8.52. The number of para-hydroxylation sites is 1. The third kappa shape index (κ3) is 3.95. The number of benzene rings is 3.